The second-order valence-electron chi connectivity index (χ2n) is 4.51. The molecule has 2 N–H and O–H groups in total. The second-order valence-corrected chi connectivity index (χ2v) is 5.43. The zero-order valence-corrected chi connectivity index (χ0v) is 13.1. The minimum atomic E-state index is -0.181. The van der Waals surface area contributed by atoms with Gasteiger partial charge in [-0.05, 0) is 35.9 Å². The molecule has 0 spiro atoms. The van der Waals surface area contributed by atoms with E-state index in [1.54, 1.807) is 31.3 Å². The maximum Gasteiger partial charge on any atom is 0.251 e. The molecule has 0 saturated heterocycles. The summed E-state index contributed by atoms with van der Waals surface area (Å²) in [6.07, 6.45) is 0.289. The van der Waals surface area contributed by atoms with Crippen molar-refractivity contribution in [3.05, 3.63) is 64.1 Å². The van der Waals surface area contributed by atoms with Crippen molar-refractivity contribution < 1.29 is 9.59 Å². The molecule has 4 nitrogen and oxygen atoms in total. The summed E-state index contributed by atoms with van der Waals surface area (Å²) >= 11 is 3.36. The van der Waals surface area contributed by atoms with Crippen LogP contribution in [0.15, 0.2) is 53.0 Å². The monoisotopic (exact) mass is 346 g/mol. The topological polar surface area (TPSA) is 58.2 Å². The fourth-order valence-corrected chi connectivity index (χ4v) is 2.14. The van der Waals surface area contributed by atoms with Crippen LogP contribution in [0.4, 0.5) is 5.69 Å². The summed E-state index contributed by atoms with van der Waals surface area (Å²) in [5.41, 5.74) is 2.05. The molecule has 0 heterocycles. The number of halogens is 1. The Labute approximate surface area is 131 Å². The van der Waals surface area contributed by atoms with Crippen LogP contribution in [0.1, 0.15) is 15.9 Å². The number of amides is 2. The van der Waals surface area contributed by atoms with Gasteiger partial charge in [0.05, 0.1) is 6.42 Å². The first-order chi connectivity index (χ1) is 10.1. The Morgan fingerprint density at radius 1 is 1.10 bits per heavy atom. The molecule has 0 fully saturated rings. The summed E-state index contributed by atoms with van der Waals surface area (Å²) in [7, 11) is 1.57. The Bertz CT molecular complexity index is 654. The average Bonchev–Trinajstić information content (AvgIpc) is 2.49. The quantitative estimate of drug-likeness (QED) is 0.893. The highest BCUT2D eigenvalue weighted by molar-refractivity contribution is 9.10. The fraction of sp³-hybridized carbons (Fsp3) is 0.125. The molecule has 0 aliphatic carbocycles. The first-order valence-corrected chi connectivity index (χ1v) is 7.24. The van der Waals surface area contributed by atoms with E-state index in [0.29, 0.717) is 11.3 Å². The van der Waals surface area contributed by atoms with Crippen LogP contribution >= 0.6 is 15.9 Å². The summed E-state index contributed by atoms with van der Waals surface area (Å²) in [6.45, 7) is 0. The number of anilines is 1. The molecular formula is C16H15BrN2O2. The molecule has 2 amide bonds. The third kappa shape index (κ3) is 4.43. The molecule has 5 heteroatoms. The number of hydrogen-bond donors (Lipinski definition) is 2. The van der Waals surface area contributed by atoms with Gasteiger partial charge < -0.3 is 10.6 Å². The smallest absolute Gasteiger partial charge is 0.251 e. The molecule has 0 aliphatic heterocycles. The standard InChI is InChI=1S/C16H15BrN2O2/c1-18-16(21)12-3-2-4-14(10-12)19-15(20)9-11-5-7-13(17)8-6-11/h2-8,10H,9H2,1H3,(H,18,21)(H,19,20). The summed E-state index contributed by atoms with van der Waals surface area (Å²) in [6, 6.07) is 14.4. The van der Waals surface area contributed by atoms with Crippen molar-refractivity contribution in [1.29, 1.82) is 0 Å². The molecule has 0 radical (unpaired) electrons. The van der Waals surface area contributed by atoms with E-state index in [0.717, 1.165) is 10.0 Å². The third-order valence-corrected chi connectivity index (χ3v) is 3.44. The van der Waals surface area contributed by atoms with E-state index in [2.05, 4.69) is 26.6 Å². The molecule has 0 atom stereocenters. The maximum atomic E-state index is 12.0. The Morgan fingerprint density at radius 2 is 1.81 bits per heavy atom. The molecule has 108 valence electrons. The van der Waals surface area contributed by atoms with Crippen LogP contribution in [0.5, 0.6) is 0 Å². The Hall–Kier alpha value is -2.14. The van der Waals surface area contributed by atoms with Crippen LogP contribution in [0.2, 0.25) is 0 Å². The molecular weight excluding hydrogens is 332 g/mol. The van der Waals surface area contributed by atoms with Gasteiger partial charge in [0.2, 0.25) is 5.91 Å². The first-order valence-electron chi connectivity index (χ1n) is 6.45. The number of hydrogen-bond acceptors (Lipinski definition) is 2. The van der Waals surface area contributed by atoms with Gasteiger partial charge in [-0.3, -0.25) is 9.59 Å². The van der Waals surface area contributed by atoms with Crippen LogP contribution in [0.25, 0.3) is 0 Å². The Kier molecular flexibility index (Phi) is 5.11. The Morgan fingerprint density at radius 3 is 2.48 bits per heavy atom. The van der Waals surface area contributed by atoms with Gasteiger partial charge in [0.25, 0.3) is 5.91 Å². The molecule has 21 heavy (non-hydrogen) atoms. The predicted molar refractivity (Wildman–Crippen MR) is 86.3 cm³/mol. The van der Waals surface area contributed by atoms with Gasteiger partial charge in [-0.2, -0.15) is 0 Å². The van der Waals surface area contributed by atoms with Gasteiger partial charge in [-0.25, -0.2) is 0 Å². The van der Waals surface area contributed by atoms with Crippen molar-refractivity contribution in [3.63, 3.8) is 0 Å². The number of nitrogens with one attached hydrogen (secondary N) is 2. The summed E-state index contributed by atoms with van der Waals surface area (Å²) in [5.74, 6) is -0.301. The molecule has 0 saturated carbocycles. The normalized spacial score (nSPS) is 10.0. The summed E-state index contributed by atoms with van der Waals surface area (Å²) in [5, 5.41) is 5.34. The zero-order valence-electron chi connectivity index (χ0n) is 11.5. The fourth-order valence-electron chi connectivity index (χ4n) is 1.88. The molecule has 2 rings (SSSR count). The van der Waals surface area contributed by atoms with Crippen LogP contribution in [-0.4, -0.2) is 18.9 Å². The van der Waals surface area contributed by atoms with Gasteiger partial charge >= 0.3 is 0 Å². The van der Waals surface area contributed by atoms with Crippen molar-refractivity contribution in [2.45, 2.75) is 6.42 Å². The highest BCUT2D eigenvalue weighted by atomic mass is 79.9. The minimum absolute atomic E-state index is 0.119. The lowest BCUT2D eigenvalue weighted by Crippen LogP contribution is -2.19. The van der Waals surface area contributed by atoms with Crippen molar-refractivity contribution in [2.75, 3.05) is 12.4 Å². The van der Waals surface area contributed by atoms with Crippen molar-refractivity contribution >= 4 is 33.4 Å². The largest absolute Gasteiger partial charge is 0.355 e. The van der Waals surface area contributed by atoms with Crippen molar-refractivity contribution in [3.8, 4) is 0 Å². The number of rotatable bonds is 4. The molecule has 0 unspecified atom stereocenters. The van der Waals surface area contributed by atoms with E-state index in [1.165, 1.54) is 0 Å². The van der Waals surface area contributed by atoms with E-state index in [4.69, 9.17) is 0 Å². The lowest BCUT2D eigenvalue weighted by molar-refractivity contribution is -0.115. The molecule has 0 aromatic heterocycles. The summed E-state index contributed by atoms with van der Waals surface area (Å²) in [4.78, 5) is 23.5. The van der Waals surface area contributed by atoms with Crippen LogP contribution in [0.3, 0.4) is 0 Å². The maximum absolute atomic E-state index is 12.0. The Balaban J connectivity index is 2.02. The summed E-state index contributed by atoms with van der Waals surface area (Å²) < 4.78 is 0.977. The van der Waals surface area contributed by atoms with E-state index in [1.807, 2.05) is 24.3 Å². The zero-order chi connectivity index (χ0) is 15.2. The van der Waals surface area contributed by atoms with Crippen LogP contribution in [-0.2, 0) is 11.2 Å². The molecule has 2 aromatic rings. The van der Waals surface area contributed by atoms with E-state index in [-0.39, 0.29) is 18.2 Å². The van der Waals surface area contributed by atoms with E-state index < -0.39 is 0 Å². The van der Waals surface area contributed by atoms with Crippen LogP contribution < -0.4 is 10.6 Å². The third-order valence-electron chi connectivity index (χ3n) is 2.91. The number of carbonyl (C=O) groups is 2. The van der Waals surface area contributed by atoms with Gasteiger partial charge in [0, 0.05) is 22.8 Å². The molecule has 0 bridgehead atoms. The molecule has 2 aromatic carbocycles. The van der Waals surface area contributed by atoms with Gasteiger partial charge in [-0.15, -0.1) is 0 Å². The highest BCUT2D eigenvalue weighted by Crippen LogP contribution is 2.13. The van der Waals surface area contributed by atoms with Gasteiger partial charge in [0.1, 0.15) is 0 Å². The van der Waals surface area contributed by atoms with Crippen LogP contribution in [0, 0.1) is 0 Å². The average molecular weight is 347 g/mol. The predicted octanol–water partition coefficient (Wildman–Crippen LogP) is 2.99. The van der Waals surface area contributed by atoms with Crippen molar-refractivity contribution in [2.24, 2.45) is 0 Å². The lowest BCUT2D eigenvalue weighted by atomic mass is 10.1. The number of benzene rings is 2. The van der Waals surface area contributed by atoms with E-state index >= 15 is 0 Å². The second kappa shape index (κ2) is 7.04. The minimum Gasteiger partial charge on any atom is -0.355 e. The number of carbonyl (C=O) groups excluding carboxylic acids is 2. The first kappa shape index (κ1) is 15.3. The molecule has 0 aliphatic rings. The highest BCUT2D eigenvalue weighted by Gasteiger charge is 2.07. The lowest BCUT2D eigenvalue weighted by Gasteiger charge is -2.07. The van der Waals surface area contributed by atoms with Gasteiger partial charge in [-0.1, -0.05) is 34.1 Å². The van der Waals surface area contributed by atoms with Gasteiger partial charge in [0.15, 0.2) is 0 Å². The van der Waals surface area contributed by atoms with E-state index in [9.17, 15) is 9.59 Å². The van der Waals surface area contributed by atoms with Crippen molar-refractivity contribution in [1.82, 2.24) is 5.32 Å². The SMILES string of the molecule is CNC(=O)c1cccc(NC(=O)Cc2ccc(Br)cc2)c1.